The monoisotopic (exact) mass is 289 g/mol. The van der Waals surface area contributed by atoms with Crippen molar-refractivity contribution in [2.75, 3.05) is 20.2 Å². The Morgan fingerprint density at radius 2 is 2.19 bits per heavy atom. The fourth-order valence-corrected chi connectivity index (χ4v) is 2.09. The van der Waals surface area contributed by atoms with Crippen molar-refractivity contribution in [1.29, 1.82) is 0 Å². The largest absolute Gasteiger partial charge is 0.497 e. The van der Waals surface area contributed by atoms with Gasteiger partial charge in [0, 0.05) is 37.6 Å². The van der Waals surface area contributed by atoms with E-state index in [2.05, 4.69) is 5.32 Å². The molecule has 0 spiro atoms. The second-order valence-electron chi connectivity index (χ2n) is 4.66. The number of carbonyl (C=O) groups is 1. The highest BCUT2D eigenvalue weighted by Gasteiger charge is 2.06. The van der Waals surface area contributed by atoms with E-state index in [9.17, 15) is 9.59 Å². The van der Waals surface area contributed by atoms with Crippen molar-refractivity contribution in [3.05, 3.63) is 40.8 Å². The lowest BCUT2D eigenvalue weighted by Gasteiger charge is -2.08. The number of aryl methyl sites for hydroxylation is 1. The summed E-state index contributed by atoms with van der Waals surface area (Å²) in [6.07, 6.45) is 1.95. The quantitative estimate of drug-likeness (QED) is 0.809. The van der Waals surface area contributed by atoms with Crippen molar-refractivity contribution in [3.8, 4) is 5.75 Å². The Hall–Kier alpha value is -2.34. The minimum Gasteiger partial charge on any atom is -0.497 e. The number of ether oxygens (including phenoxy) is 1. The molecule has 0 atom stereocenters. The predicted molar refractivity (Wildman–Crippen MR) is 81.4 cm³/mol. The van der Waals surface area contributed by atoms with E-state index in [4.69, 9.17) is 10.5 Å². The molecule has 0 radical (unpaired) electrons. The van der Waals surface area contributed by atoms with Gasteiger partial charge in [-0.2, -0.15) is 0 Å². The molecule has 0 aliphatic carbocycles. The van der Waals surface area contributed by atoms with Gasteiger partial charge in [-0.1, -0.05) is 0 Å². The number of rotatable bonds is 6. The normalized spacial score (nSPS) is 10.6. The summed E-state index contributed by atoms with van der Waals surface area (Å²) in [5.41, 5.74) is 5.20. The molecule has 0 fully saturated rings. The van der Waals surface area contributed by atoms with Crippen LogP contribution in [0.3, 0.4) is 0 Å². The molecule has 6 heteroatoms. The number of nitrogens with zero attached hydrogens (tertiary/aromatic N) is 1. The number of fused-ring (bicyclic) bond motifs is 1. The third-order valence-electron chi connectivity index (χ3n) is 3.23. The summed E-state index contributed by atoms with van der Waals surface area (Å²) in [6.45, 7) is 1.20. The van der Waals surface area contributed by atoms with Gasteiger partial charge in [0.1, 0.15) is 5.75 Å². The average molecular weight is 289 g/mol. The molecule has 2 aromatic rings. The minimum absolute atomic E-state index is 0.109. The summed E-state index contributed by atoms with van der Waals surface area (Å²) in [5.74, 6) is 0.600. The molecule has 0 saturated carbocycles. The molecule has 21 heavy (non-hydrogen) atoms. The fraction of sp³-hybridized carbons (Fsp3) is 0.333. The minimum atomic E-state index is -0.109. The molecule has 2 rings (SSSR count). The summed E-state index contributed by atoms with van der Waals surface area (Å²) in [7, 11) is 1.59. The lowest BCUT2D eigenvalue weighted by atomic mass is 10.1. The first kappa shape index (κ1) is 15.1. The maximum Gasteiger partial charge on any atom is 0.258 e. The zero-order chi connectivity index (χ0) is 15.2. The number of amides is 1. The third-order valence-corrected chi connectivity index (χ3v) is 3.23. The van der Waals surface area contributed by atoms with Gasteiger partial charge in [-0.25, -0.2) is 0 Å². The highest BCUT2D eigenvalue weighted by Crippen LogP contribution is 2.17. The molecular formula is C15H19N3O3. The molecule has 1 amide bonds. The van der Waals surface area contributed by atoms with Gasteiger partial charge in [0.2, 0.25) is 5.91 Å². The standard InChI is InChI=1S/C15H19N3O3/c1-21-12-2-3-13-11(10-12)4-8-18(15(13)20)9-5-14(19)17-7-6-16/h2-4,8,10H,5-7,9,16H2,1H3,(H,17,19). The van der Waals surface area contributed by atoms with Gasteiger partial charge in [0.15, 0.2) is 0 Å². The number of benzene rings is 1. The SMILES string of the molecule is COc1ccc2c(=O)n(CCC(=O)NCCN)ccc2c1. The van der Waals surface area contributed by atoms with E-state index in [0.717, 1.165) is 5.39 Å². The van der Waals surface area contributed by atoms with E-state index >= 15 is 0 Å². The van der Waals surface area contributed by atoms with Crippen LogP contribution in [0.5, 0.6) is 5.75 Å². The van der Waals surface area contributed by atoms with Crippen LogP contribution in [0.1, 0.15) is 6.42 Å². The van der Waals surface area contributed by atoms with E-state index < -0.39 is 0 Å². The van der Waals surface area contributed by atoms with Gasteiger partial charge < -0.3 is 20.4 Å². The number of nitrogens with two attached hydrogens (primary N) is 1. The topological polar surface area (TPSA) is 86.3 Å². The number of aromatic nitrogens is 1. The Kier molecular flexibility index (Phi) is 4.94. The summed E-state index contributed by atoms with van der Waals surface area (Å²) in [6, 6.07) is 7.15. The van der Waals surface area contributed by atoms with Crippen LogP contribution in [0.2, 0.25) is 0 Å². The van der Waals surface area contributed by atoms with Crippen molar-refractivity contribution in [2.24, 2.45) is 5.73 Å². The summed E-state index contributed by atoms with van der Waals surface area (Å²) >= 11 is 0. The lowest BCUT2D eigenvalue weighted by Crippen LogP contribution is -2.30. The number of methoxy groups -OCH3 is 1. The zero-order valence-electron chi connectivity index (χ0n) is 12.0. The highest BCUT2D eigenvalue weighted by atomic mass is 16.5. The Bertz CT molecular complexity index is 694. The van der Waals surface area contributed by atoms with Gasteiger partial charge in [0.05, 0.1) is 7.11 Å². The van der Waals surface area contributed by atoms with Crippen LogP contribution in [0.25, 0.3) is 10.8 Å². The first-order valence-electron chi connectivity index (χ1n) is 6.79. The van der Waals surface area contributed by atoms with E-state index in [1.807, 2.05) is 12.1 Å². The maximum absolute atomic E-state index is 12.3. The molecule has 6 nitrogen and oxygen atoms in total. The molecule has 0 unspecified atom stereocenters. The summed E-state index contributed by atoms with van der Waals surface area (Å²) in [5, 5.41) is 4.11. The number of pyridine rings is 1. The van der Waals surface area contributed by atoms with Crippen molar-refractivity contribution in [3.63, 3.8) is 0 Å². The maximum atomic E-state index is 12.3. The number of nitrogens with one attached hydrogen (secondary N) is 1. The number of carbonyl (C=O) groups excluding carboxylic acids is 1. The Morgan fingerprint density at radius 3 is 2.90 bits per heavy atom. The molecule has 1 aromatic carbocycles. The van der Waals surface area contributed by atoms with Crippen LogP contribution in [-0.4, -0.2) is 30.7 Å². The first-order valence-corrected chi connectivity index (χ1v) is 6.79. The van der Waals surface area contributed by atoms with Crippen LogP contribution in [0, 0.1) is 0 Å². The van der Waals surface area contributed by atoms with Gasteiger partial charge >= 0.3 is 0 Å². The smallest absolute Gasteiger partial charge is 0.258 e. The van der Waals surface area contributed by atoms with Gasteiger partial charge in [0.25, 0.3) is 5.56 Å². The van der Waals surface area contributed by atoms with Gasteiger partial charge in [-0.3, -0.25) is 9.59 Å². The van der Waals surface area contributed by atoms with Crippen LogP contribution in [-0.2, 0) is 11.3 Å². The summed E-state index contributed by atoms with van der Waals surface area (Å²) < 4.78 is 6.68. The lowest BCUT2D eigenvalue weighted by molar-refractivity contribution is -0.121. The van der Waals surface area contributed by atoms with Gasteiger partial charge in [-0.05, 0) is 29.7 Å². The molecule has 3 N–H and O–H groups in total. The number of hydrogen-bond acceptors (Lipinski definition) is 4. The third kappa shape index (κ3) is 3.61. The first-order chi connectivity index (χ1) is 10.2. The molecule has 0 aliphatic rings. The Labute approximate surface area is 122 Å². The molecule has 112 valence electrons. The number of hydrogen-bond donors (Lipinski definition) is 2. The van der Waals surface area contributed by atoms with Crippen LogP contribution in [0.15, 0.2) is 35.3 Å². The van der Waals surface area contributed by atoms with Crippen molar-refractivity contribution < 1.29 is 9.53 Å². The van der Waals surface area contributed by atoms with Gasteiger partial charge in [-0.15, -0.1) is 0 Å². The molecule has 0 saturated heterocycles. The van der Waals surface area contributed by atoms with Crippen LogP contribution in [0.4, 0.5) is 0 Å². The van der Waals surface area contributed by atoms with Crippen molar-refractivity contribution in [1.82, 2.24) is 9.88 Å². The molecule has 0 aliphatic heterocycles. The summed E-state index contributed by atoms with van der Waals surface area (Å²) in [4.78, 5) is 23.9. The molecular weight excluding hydrogens is 270 g/mol. The van der Waals surface area contributed by atoms with E-state index in [0.29, 0.717) is 30.8 Å². The van der Waals surface area contributed by atoms with E-state index in [-0.39, 0.29) is 17.9 Å². The second kappa shape index (κ2) is 6.90. The fourth-order valence-electron chi connectivity index (χ4n) is 2.09. The van der Waals surface area contributed by atoms with E-state index in [1.165, 1.54) is 4.57 Å². The molecule has 1 aromatic heterocycles. The second-order valence-corrected chi connectivity index (χ2v) is 4.66. The van der Waals surface area contributed by atoms with Crippen molar-refractivity contribution in [2.45, 2.75) is 13.0 Å². The molecule has 1 heterocycles. The Morgan fingerprint density at radius 1 is 1.38 bits per heavy atom. The Balaban J connectivity index is 2.16. The van der Waals surface area contributed by atoms with Crippen LogP contribution >= 0.6 is 0 Å². The zero-order valence-corrected chi connectivity index (χ0v) is 12.0. The molecule has 0 bridgehead atoms. The average Bonchev–Trinajstić information content (AvgIpc) is 2.51. The predicted octanol–water partition coefficient (Wildman–Crippen LogP) is 0.475. The van der Waals surface area contributed by atoms with Crippen LogP contribution < -0.4 is 21.3 Å². The van der Waals surface area contributed by atoms with Crippen molar-refractivity contribution >= 4 is 16.7 Å². The highest BCUT2D eigenvalue weighted by molar-refractivity contribution is 5.83. The van der Waals surface area contributed by atoms with E-state index in [1.54, 1.807) is 25.4 Å².